The van der Waals surface area contributed by atoms with Gasteiger partial charge in [-0.05, 0) is 36.5 Å². The average molecular weight is 373 g/mol. The number of fused-ring (bicyclic) bond motifs is 1. The summed E-state index contributed by atoms with van der Waals surface area (Å²) in [6, 6.07) is 6.18. The number of piperazine rings is 1. The summed E-state index contributed by atoms with van der Waals surface area (Å²) in [5.74, 6) is 2.56. The summed E-state index contributed by atoms with van der Waals surface area (Å²) in [4.78, 5) is 17.0. The molecule has 2 fully saturated rings. The van der Waals surface area contributed by atoms with Gasteiger partial charge in [-0.25, -0.2) is 0 Å². The minimum atomic E-state index is 0.185. The molecule has 1 saturated carbocycles. The van der Waals surface area contributed by atoms with Crippen LogP contribution in [0.15, 0.2) is 18.2 Å². The highest BCUT2D eigenvalue weighted by molar-refractivity contribution is 5.78. The summed E-state index contributed by atoms with van der Waals surface area (Å²) in [6.45, 7) is 6.50. The molecule has 0 aromatic heterocycles. The van der Waals surface area contributed by atoms with Crippen LogP contribution in [0.4, 0.5) is 0 Å². The highest BCUT2D eigenvalue weighted by Crippen LogP contribution is 2.32. The average Bonchev–Trinajstić information content (AvgIpc) is 3.17. The van der Waals surface area contributed by atoms with E-state index in [9.17, 15) is 4.79 Å². The first-order chi connectivity index (χ1) is 13.3. The fraction of sp³-hybridized carbons (Fsp3) is 0.667. The minimum absolute atomic E-state index is 0.185. The topological polar surface area (TPSA) is 54.0 Å². The Morgan fingerprint density at radius 2 is 1.74 bits per heavy atom. The van der Waals surface area contributed by atoms with Crippen molar-refractivity contribution in [1.29, 1.82) is 0 Å². The molecule has 27 heavy (non-hydrogen) atoms. The summed E-state index contributed by atoms with van der Waals surface area (Å²) in [5, 5.41) is 3.15. The van der Waals surface area contributed by atoms with E-state index >= 15 is 0 Å². The number of rotatable bonds is 6. The van der Waals surface area contributed by atoms with E-state index in [1.807, 2.05) is 6.07 Å². The third-order valence-electron chi connectivity index (χ3n) is 5.99. The van der Waals surface area contributed by atoms with Crippen molar-refractivity contribution in [2.75, 3.05) is 46.1 Å². The van der Waals surface area contributed by atoms with Gasteiger partial charge < -0.3 is 14.8 Å². The van der Waals surface area contributed by atoms with E-state index in [1.165, 1.54) is 37.7 Å². The fourth-order valence-electron chi connectivity index (χ4n) is 4.31. The maximum Gasteiger partial charge on any atom is 0.234 e. The molecule has 0 atom stereocenters. The first kappa shape index (κ1) is 18.6. The first-order valence-corrected chi connectivity index (χ1v) is 10.4. The molecule has 0 radical (unpaired) electrons. The van der Waals surface area contributed by atoms with Gasteiger partial charge in [0.1, 0.15) is 0 Å². The summed E-state index contributed by atoms with van der Waals surface area (Å²) >= 11 is 0. The molecule has 1 aromatic carbocycles. The number of carbonyl (C=O) groups is 1. The fourth-order valence-corrected chi connectivity index (χ4v) is 4.31. The molecule has 4 rings (SSSR count). The van der Waals surface area contributed by atoms with E-state index in [4.69, 9.17) is 9.47 Å². The number of nitrogens with one attached hydrogen (secondary N) is 1. The van der Waals surface area contributed by atoms with Gasteiger partial charge in [-0.1, -0.05) is 25.3 Å². The maximum atomic E-state index is 12.2. The van der Waals surface area contributed by atoms with Gasteiger partial charge in [0.25, 0.3) is 0 Å². The molecule has 0 bridgehead atoms. The molecule has 148 valence electrons. The van der Waals surface area contributed by atoms with Gasteiger partial charge in [0.2, 0.25) is 12.7 Å². The highest BCUT2D eigenvalue weighted by Gasteiger charge is 2.21. The van der Waals surface area contributed by atoms with Gasteiger partial charge >= 0.3 is 0 Å². The molecule has 1 N–H and O–H groups in total. The number of carbonyl (C=O) groups excluding carboxylic acids is 1. The van der Waals surface area contributed by atoms with Crippen molar-refractivity contribution in [2.45, 2.75) is 38.6 Å². The third kappa shape index (κ3) is 5.14. The molecule has 6 nitrogen and oxygen atoms in total. The Morgan fingerprint density at radius 3 is 2.56 bits per heavy atom. The van der Waals surface area contributed by atoms with Crippen LogP contribution in [0.2, 0.25) is 0 Å². The van der Waals surface area contributed by atoms with Gasteiger partial charge in [0.15, 0.2) is 11.5 Å². The van der Waals surface area contributed by atoms with Crippen LogP contribution in [0.5, 0.6) is 11.5 Å². The van der Waals surface area contributed by atoms with E-state index in [1.54, 1.807) is 0 Å². The van der Waals surface area contributed by atoms with Crippen LogP contribution >= 0.6 is 0 Å². The van der Waals surface area contributed by atoms with Crippen molar-refractivity contribution < 1.29 is 14.3 Å². The van der Waals surface area contributed by atoms with Crippen LogP contribution in [0.3, 0.4) is 0 Å². The second-order valence-electron chi connectivity index (χ2n) is 8.05. The van der Waals surface area contributed by atoms with Crippen molar-refractivity contribution in [3.63, 3.8) is 0 Å². The third-order valence-corrected chi connectivity index (χ3v) is 5.99. The predicted molar refractivity (Wildman–Crippen MR) is 104 cm³/mol. The molecule has 1 amide bonds. The second kappa shape index (κ2) is 8.93. The Bertz CT molecular complexity index is 638. The molecular formula is C21H31N3O3. The number of hydrogen-bond acceptors (Lipinski definition) is 5. The van der Waals surface area contributed by atoms with Crippen LogP contribution in [0, 0.1) is 5.92 Å². The Kier molecular flexibility index (Phi) is 6.14. The van der Waals surface area contributed by atoms with Crippen LogP contribution in [-0.4, -0.2) is 61.8 Å². The zero-order chi connectivity index (χ0) is 18.5. The lowest BCUT2D eigenvalue weighted by Gasteiger charge is -2.34. The standard InChI is InChI=1S/C21H31N3O3/c25-21(22-13-17-4-2-1-3-5-17)15-24-10-8-23(9-11-24)14-18-6-7-19-20(12-18)27-16-26-19/h6-7,12,17H,1-5,8-11,13-16H2,(H,22,25). The van der Waals surface area contributed by atoms with Crippen LogP contribution < -0.4 is 14.8 Å². The number of benzene rings is 1. The van der Waals surface area contributed by atoms with E-state index in [-0.39, 0.29) is 5.91 Å². The Labute approximate surface area is 161 Å². The summed E-state index contributed by atoms with van der Waals surface area (Å²) in [6.07, 6.45) is 6.57. The van der Waals surface area contributed by atoms with Crippen LogP contribution in [0.1, 0.15) is 37.7 Å². The van der Waals surface area contributed by atoms with Crippen LogP contribution in [0.25, 0.3) is 0 Å². The van der Waals surface area contributed by atoms with E-state index < -0.39 is 0 Å². The molecule has 6 heteroatoms. The van der Waals surface area contributed by atoms with Gasteiger partial charge in [-0.15, -0.1) is 0 Å². The molecule has 1 aliphatic carbocycles. The molecule has 1 saturated heterocycles. The monoisotopic (exact) mass is 373 g/mol. The number of nitrogens with zero attached hydrogens (tertiary/aromatic N) is 2. The molecular weight excluding hydrogens is 342 g/mol. The van der Waals surface area contributed by atoms with E-state index in [2.05, 4.69) is 27.2 Å². The lowest BCUT2D eigenvalue weighted by molar-refractivity contribution is -0.122. The van der Waals surface area contributed by atoms with Crippen molar-refractivity contribution in [1.82, 2.24) is 15.1 Å². The lowest BCUT2D eigenvalue weighted by atomic mass is 9.89. The Morgan fingerprint density at radius 1 is 1.00 bits per heavy atom. The Balaban J connectivity index is 1.16. The largest absolute Gasteiger partial charge is 0.454 e. The van der Waals surface area contributed by atoms with Gasteiger partial charge in [0.05, 0.1) is 6.54 Å². The zero-order valence-electron chi connectivity index (χ0n) is 16.1. The van der Waals surface area contributed by atoms with E-state index in [0.717, 1.165) is 50.8 Å². The normalized spacial score (nSPS) is 21.3. The smallest absolute Gasteiger partial charge is 0.234 e. The molecule has 0 spiro atoms. The van der Waals surface area contributed by atoms with E-state index in [0.29, 0.717) is 19.3 Å². The van der Waals surface area contributed by atoms with Crippen LogP contribution in [-0.2, 0) is 11.3 Å². The second-order valence-corrected chi connectivity index (χ2v) is 8.05. The molecule has 2 aliphatic heterocycles. The predicted octanol–water partition coefficient (Wildman–Crippen LogP) is 2.23. The zero-order valence-corrected chi connectivity index (χ0v) is 16.1. The molecule has 3 aliphatic rings. The first-order valence-electron chi connectivity index (χ1n) is 10.4. The van der Waals surface area contributed by atoms with Gasteiger partial charge in [0, 0.05) is 39.3 Å². The van der Waals surface area contributed by atoms with Crippen molar-refractivity contribution >= 4 is 5.91 Å². The summed E-state index contributed by atoms with van der Waals surface area (Å²) in [5.41, 5.74) is 1.25. The lowest BCUT2D eigenvalue weighted by Crippen LogP contribution is -2.49. The highest BCUT2D eigenvalue weighted by atomic mass is 16.7. The van der Waals surface area contributed by atoms with Gasteiger partial charge in [-0.3, -0.25) is 14.6 Å². The number of hydrogen-bond donors (Lipinski definition) is 1. The quantitative estimate of drug-likeness (QED) is 0.829. The minimum Gasteiger partial charge on any atom is -0.454 e. The summed E-state index contributed by atoms with van der Waals surface area (Å²) < 4.78 is 10.8. The van der Waals surface area contributed by atoms with Gasteiger partial charge in [-0.2, -0.15) is 0 Å². The maximum absolute atomic E-state index is 12.2. The number of amides is 1. The SMILES string of the molecule is O=C(CN1CCN(Cc2ccc3c(c2)OCO3)CC1)NCC1CCCCC1. The van der Waals surface area contributed by atoms with Crippen molar-refractivity contribution in [2.24, 2.45) is 5.92 Å². The Hall–Kier alpha value is -1.79. The molecule has 1 aromatic rings. The number of ether oxygens (including phenoxy) is 2. The summed E-state index contributed by atoms with van der Waals surface area (Å²) in [7, 11) is 0. The molecule has 0 unspecified atom stereocenters. The molecule has 2 heterocycles. The van der Waals surface area contributed by atoms with Crippen molar-refractivity contribution in [3.8, 4) is 11.5 Å². The van der Waals surface area contributed by atoms with Crippen molar-refractivity contribution in [3.05, 3.63) is 23.8 Å².